The molecule has 1 fully saturated rings. The molecule has 0 aromatic rings. The van der Waals surface area contributed by atoms with Crippen molar-refractivity contribution in [1.29, 1.82) is 0 Å². The summed E-state index contributed by atoms with van der Waals surface area (Å²) in [5, 5.41) is 0. The van der Waals surface area contributed by atoms with Crippen molar-refractivity contribution in [2.75, 3.05) is 26.4 Å². The van der Waals surface area contributed by atoms with E-state index in [0.717, 1.165) is 0 Å². The van der Waals surface area contributed by atoms with Gasteiger partial charge in [0.25, 0.3) is 14.0 Å². The summed E-state index contributed by atoms with van der Waals surface area (Å²) >= 11 is 2.03. The average molecular weight is 309 g/mol. The summed E-state index contributed by atoms with van der Waals surface area (Å²) in [6.45, 7) is 12.9. The van der Waals surface area contributed by atoms with Gasteiger partial charge in [-0.1, -0.05) is 40.5 Å². The lowest BCUT2D eigenvalue weighted by atomic mass is 9.46. The standard InChI is InChI=1S/C14H34B3N3S/c1-7-11-15-18(5)16(12-8-2)20(14-10-4)17(21-6)19(15)13-9-3/h7-14H2,1-6H3. The lowest BCUT2D eigenvalue weighted by Gasteiger charge is -2.53. The van der Waals surface area contributed by atoms with Crippen molar-refractivity contribution < 1.29 is 0 Å². The van der Waals surface area contributed by atoms with Gasteiger partial charge in [0.15, 0.2) is 0 Å². The Bertz CT molecular complexity index is 262. The third-order valence-corrected chi connectivity index (χ3v) is 5.50. The Labute approximate surface area is 138 Å². The van der Waals surface area contributed by atoms with Gasteiger partial charge in [0.05, 0.1) is 0 Å². The molecule has 21 heavy (non-hydrogen) atoms. The zero-order valence-electron chi connectivity index (χ0n) is 15.1. The molecule has 0 amide bonds. The Morgan fingerprint density at radius 2 is 1.19 bits per heavy atom. The molecule has 3 nitrogen and oxygen atoms in total. The quantitative estimate of drug-likeness (QED) is 0.603. The second-order valence-corrected chi connectivity index (χ2v) is 7.13. The first-order valence-corrected chi connectivity index (χ1v) is 10.2. The summed E-state index contributed by atoms with van der Waals surface area (Å²) in [5.41, 5.74) is 0. The maximum atomic E-state index is 2.75. The van der Waals surface area contributed by atoms with Crippen molar-refractivity contribution in [2.24, 2.45) is 0 Å². The molecule has 120 valence electrons. The van der Waals surface area contributed by atoms with Gasteiger partial charge in [0, 0.05) is 0 Å². The van der Waals surface area contributed by atoms with Crippen LogP contribution in [0.4, 0.5) is 0 Å². The SMILES string of the molecule is CCCB1N(C)B(CCC)N(CCC)B(SC)N1CCC. The Kier molecular flexibility index (Phi) is 9.50. The maximum absolute atomic E-state index is 2.75. The summed E-state index contributed by atoms with van der Waals surface area (Å²) in [7, 11) is 2.35. The van der Waals surface area contributed by atoms with Crippen LogP contribution in [0.1, 0.15) is 53.4 Å². The average Bonchev–Trinajstić information content (AvgIpc) is 2.48. The van der Waals surface area contributed by atoms with E-state index in [4.69, 9.17) is 0 Å². The topological polar surface area (TPSA) is 9.72 Å². The molecule has 0 aliphatic carbocycles. The summed E-state index contributed by atoms with van der Waals surface area (Å²) in [5.74, 6) is 0. The van der Waals surface area contributed by atoms with Crippen LogP contribution in [0.5, 0.6) is 0 Å². The molecule has 0 N–H and O–H groups in total. The van der Waals surface area contributed by atoms with E-state index in [1.165, 1.54) is 51.4 Å². The molecule has 0 saturated carbocycles. The predicted molar refractivity (Wildman–Crippen MR) is 103 cm³/mol. The highest BCUT2D eigenvalue weighted by Gasteiger charge is 2.49. The molecule has 1 aliphatic rings. The summed E-state index contributed by atoms with van der Waals surface area (Å²) in [6, 6.07) is 0. The highest BCUT2D eigenvalue weighted by molar-refractivity contribution is 8.24. The minimum atomic E-state index is 0.550. The van der Waals surface area contributed by atoms with Gasteiger partial charge in [0.1, 0.15) is 0 Å². The fourth-order valence-corrected chi connectivity index (χ4v) is 4.75. The van der Waals surface area contributed by atoms with Crippen molar-refractivity contribution in [1.82, 2.24) is 14.2 Å². The lowest BCUT2D eigenvalue weighted by Crippen LogP contribution is -2.75. The van der Waals surface area contributed by atoms with E-state index in [1.807, 2.05) is 11.6 Å². The van der Waals surface area contributed by atoms with Crippen molar-refractivity contribution in [3.8, 4) is 0 Å². The van der Waals surface area contributed by atoms with Gasteiger partial charge < -0.3 is 14.2 Å². The van der Waals surface area contributed by atoms with Crippen molar-refractivity contribution in [2.45, 2.75) is 66.0 Å². The molecule has 0 aromatic heterocycles. The summed E-state index contributed by atoms with van der Waals surface area (Å²) < 4.78 is 8.15. The minimum absolute atomic E-state index is 0.550. The molecule has 1 saturated heterocycles. The van der Waals surface area contributed by atoms with Gasteiger partial charge in [0.2, 0.25) is 0 Å². The van der Waals surface area contributed by atoms with Crippen LogP contribution in [0.15, 0.2) is 0 Å². The Morgan fingerprint density at radius 3 is 1.48 bits per heavy atom. The Morgan fingerprint density at radius 1 is 0.762 bits per heavy atom. The van der Waals surface area contributed by atoms with Gasteiger partial charge in [-0.25, -0.2) is 0 Å². The first-order chi connectivity index (χ1) is 10.2. The monoisotopic (exact) mass is 309 g/mol. The molecule has 1 rings (SSSR count). The third-order valence-electron chi connectivity index (χ3n) is 4.54. The van der Waals surface area contributed by atoms with E-state index in [-0.39, 0.29) is 0 Å². The second-order valence-electron chi connectivity index (χ2n) is 6.24. The normalized spacial score (nSPS) is 18.9. The molecule has 0 atom stereocenters. The summed E-state index contributed by atoms with van der Waals surface area (Å²) in [4.78, 5) is 0. The molecule has 1 heterocycles. The highest BCUT2D eigenvalue weighted by atomic mass is 32.2. The van der Waals surface area contributed by atoms with Crippen LogP contribution in [-0.2, 0) is 0 Å². The molecule has 0 unspecified atom stereocenters. The van der Waals surface area contributed by atoms with E-state index in [0.29, 0.717) is 20.2 Å². The fraction of sp³-hybridized carbons (Fsp3) is 1.00. The molecule has 0 radical (unpaired) electrons. The Hall–Kier alpha value is 0.425. The number of hydrogen-bond donors (Lipinski definition) is 0. The van der Waals surface area contributed by atoms with E-state index in [1.54, 1.807) is 0 Å². The van der Waals surface area contributed by atoms with Gasteiger partial charge in [-0.15, -0.1) is 0 Å². The minimum Gasteiger partial charge on any atom is -0.360 e. The highest BCUT2D eigenvalue weighted by Crippen LogP contribution is 2.28. The zero-order valence-corrected chi connectivity index (χ0v) is 16.0. The Balaban J connectivity index is 3.05. The van der Waals surface area contributed by atoms with Crippen molar-refractivity contribution in [3.05, 3.63) is 0 Å². The number of nitrogens with zero attached hydrogens (tertiary/aromatic N) is 3. The largest absolute Gasteiger partial charge is 0.360 e. The first kappa shape index (κ1) is 19.5. The maximum Gasteiger partial charge on any atom is 0.360 e. The fourth-order valence-electron chi connectivity index (χ4n) is 3.71. The van der Waals surface area contributed by atoms with Crippen LogP contribution < -0.4 is 0 Å². The van der Waals surface area contributed by atoms with Crippen LogP contribution in [0.2, 0.25) is 12.6 Å². The smallest absolute Gasteiger partial charge is 0.360 e. The van der Waals surface area contributed by atoms with E-state index in [9.17, 15) is 0 Å². The van der Waals surface area contributed by atoms with E-state index in [2.05, 4.69) is 55.2 Å². The van der Waals surface area contributed by atoms with E-state index < -0.39 is 0 Å². The van der Waals surface area contributed by atoms with Gasteiger partial charge in [-0.05, 0) is 51.9 Å². The molecular weight excluding hydrogens is 275 g/mol. The van der Waals surface area contributed by atoms with Crippen molar-refractivity contribution in [3.63, 3.8) is 0 Å². The van der Waals surface area contributed by atoms with Crippen molar-refractivity contribution >= 4 is 31.8 Å². The molecular formula is C14H34B3N3S. The van der Waals surface area contributed by atoms with E-state index >= 15 is 0 Å². The molecule has 7 heteroatoms. The second kappa shape index (κ2) is 10.2. The van der Waals surface area contributed by atoms with Gasteiger partial charge >= 0.3 is 6.26 Å². The van der Waals surface area contributed by atoms with Crippen LogP contribution in [-0.4, -0.2) is 60.8 Å². The third kappa shape index (κ3) is 4.70. The molecule has 0 bridgehead atoms. The molecule has 1 aliphatic heterocycles. The van der Waals surface area contributed by atoms with Crippen LogP contribution in [0.3, 0.4) is 0 Å². The van der Waals surface area contributed by atoms with Crippen LogP contribution >= 0.6 is 11.6 Å². The van der Waals surface area contributed by atoms with Crippen LogP contribution in [0, 0.1) is 0 Å². The summed E-state index contributed by atoms with van der Waals surface area (Å²) in [6.07, 6.45) is 10.4. The predicted octanol–water partition coefficient (Wildman–Crippen LogP) is 3.50. The number of rotatable bonds is 9. The molecule has 0 spiro atoms. The number of hydrogen-bond acceptors (Lipinski definition) is 4. The first-order valence-electron chi connectivity index (χ1n) is 8.92. The van der Waals surface area contributed by atoms with Gasteiger partial charge in [-0.2, -0.15) is 11.6 Å². The molecule has 0 aromatic carbocycles. The van der Waals surface area contributed by atoms with Crippen LogP contribution in [0.25, 0.3) is 0 Å². The lowest BCUT2D eigenvalue weighted by molar-refractivity contribution is 0.457. The zero-order chi connectivity index (χ0) is 15.8. The van der Waals surface area contributed by atoms with Gasteiger partial charge in [-0.3, -0.25) is 0 Å².